The summed E-state index contributed by atoms with van der Waals surface area (Å²) in [6, 6.07) is 33.7. The molecule has 0 fully saturated rings. The summed E-state index contributed by atoms with van der Waals surface area (Å²) in [6.45, 7) is 16.6. The molecule has 0 bridgehead atoms. The number of hydrogen-bond acceptors (Lipinski definition) is 2. The van der Waals surface area contributed by atoms with Crippen LogP contribution in [0.25, 0.3) is 99.5 Å². The summed E-state index contributed by atoms with van der Waals surface area (Å²) in [5.74, 6) is -1.41. The monoisotopic (exact) mass is 1260 g/mol. The molecule has 4 nitrogen and oxygen atoms in total. The Balaban J connectivity index is 1.17. The van der Waals surface area contributed by atoms with Crippen LogP contribution in [0, 0.1) is 5.82 Å². The predicted octanol–water partition coefficient (Wildman–Crippen LogP) is 22.7. The first-order chi connectivity index (χ1) is 55.2. The van der Waals surface area contributed by atoms with Gasteiger partial charge in [-0.15, -0.1) is 0 Å². The number of halogens is 1. The second-order valence-electron chi connectivity index (χ2n) is 27.8. The highest BCUT2D eigenvalue weighted by Gasteiger charge is 2.48. The van der Waals surface area contributed by atoms with Crippen molar-refractivity contribution in [2.75, 3.05) is 9.80 Å². The van der Waals surface area contributed by atoms with E-state index in [4.69, 9.17) is 5.48 Å². The standard InChI is InChI=1S/C90H74BFN4/c1-88(2,3)61-48-70(57-30-14-10-15-31-57)86(71(49-61)58-32-16-11-17-33-58)95-80-55-64(93-76-42-26-22-38-66(76)67-39-23-27-43-77(67)93)46-47-74(80)91-84-75(92)54-65(94-78-44-28-24-40-68(78)69-41-25-29-45-79(69)94)56-83(84)96(82-53-63(90(7,8)9)52-81(95)85(82)91)87-72(59-34-18-12-19-35-59)50-62(89(4,5)6)51-73(87)60-36-20-13-21-37-60/h10-56H,1-9H3/i22D,23D,24D,25D,26D,27D,28D,29D,38D,39D,40D,41D,42D,43D,44D,45D,46D,47D,54D,55D,56D. The number of aromatic nitrogens is 2. The number of para-hydroxylation sites is 4. The number of nitrogens with zero attached hydrogens (tertiary/aromatic N) is 4. The molecule has 17 rings (SSSR count). The zero-order valence-electron chi connectivity index (χ0n) is 75.3. The fourth-order valence-corrected chi connectivity index (χ4v) is 14.0. The molecular formula is C90H74BFN4. The highest BCUT2D eigenvalue weighted by molar-refractivity contribution is 7.00. The Morgan fingerprint density at radius 2 is 0.656 bits per heavy atom. The fraction of sp³-hybridized carbons (Fsp3) is 0.133. The van der Waals surface area contributed by atoms with Crippen LogP contribution in [0.4, 0.5) is 38.5 Å². The van der Waals surface area contributed by atoms with Gasteiger partial charge in [0.25, 0.3) is 6.71 Å². The maximum atomic E-state index is 21.1. The van der Waals surface area contributed by atoms with Gasteiger partial charge in [-0.1, -0.05) is 262 Å². The van der Waals surface area contributed by atoms with Gasteiger partial charge in [0.05, 0.1) is 67.9 Å². The second-order valence-corrected chi connectivity index (χ2v) is 27.8. The van der Waals surface area contributed by atoms with Crippen LogP contribution < -0.4 is 26.2 Å². The first-order valence-electron chi connectivity index (χ1n) is 42.6. The zero-order chi connectivity index (χ0) is 83.8. The van der Waals surface area contributed by atoms with Crippen molar-refractivity contribution in [1.29, 1.82) is 0 Å². The second kappa shape index (κ2) is 22.1. The topological polar surface area (TPSA) is 16.3 Å². The maximum absolute atomic E-state index is 21.1. The Kier molecular flexibility index (Phi) is 9.28. The van der Waals surface area contributed by atoms with Gasteiger partial charge < -0.3 is 18.9 Å². The highest BCUT2D eigenvalue weighted by Crippen LogP contribution is 2.56. The third kappa shape index (κ3) is 9.39. The number of benzene rings is 13. The van der Waals surface area contributed by atoms with Crippen molar-refractivity contribution in [3.05, 3.63) is 307 Å². The van der Waals surface area contributed by atoms with Gasteiger partial charge in [0.15, 0.2) is 0 Å². The van der Waals surface area contributed by atoms with Gasteiger partial charge in [-0.2, -0.15) is 0 Å². The summed E-state index contributed by atoms with van der Waals surface area (Å²) in [5, 5.41) is -1.56. The number of hydrogen-bond donors (Lipinski definition) is 0. The van der Waals surface area contributed by atoms with E-state index in [2.05, 4.69) is 53.7 Å². The van der Waals surface area contributed by atoms with Crippen LogP contribution >= 0.6 is 0 Å². The molecular weight excluding hydrogens is 1170 g/mol. The SMILES string of the molecule is [2H]c1c([2H])c(-n2c3c([2H])c([2H])c([2H])c([2H])c3c3c([2H])c([2H])c([2H])c([2H])c32)c([2H])c2c1B1c3c(cc(C(C)(C)C)cc3N(c3c(-c4ccccc4)cc(C(C)(C)C)cc3-c3ccccc3)c3c([2H])c(-n4c5c([2H])c([2H])c([2H])c([2H])c5c5c([2H])c([2H])c([2H])c([2H])c54)c([2H])c(F)c31)N2c1c(-c2ccccc2)cc(C(C)(C)C)cc1-c1ccccc1. The van der Waals surface area contributed by atoms with E-state index in [0.29, 0.717) is 61.4 Å². The lowest BCUT2D eigenvalue weighted by Crippen LogP contribution is -2.62. The molecule has 0 aliphatic carbocycles. The van der Waals surface area contributed by atoms with Crippen molar-refractivity contribution in [2.45, 2.75) is 78.6 Å². The quantitative estimate of drug-likeness (QED) is 0.141. The van der Waals surface area contributed by atoms with E-state index < -0.39 is 205 Å². The highest BCUT2D eigenvalue weighted by atomic mass is 19.1. The largest absolute Gasteiger partial charge is 0.310 e. The molecule has 0 saturated heterocycles. The van der Waals surface area contributed by atoms with Crippen molar-refractivity contribution in [1.82, 2.24) is 9.13 Å². The predicted molar refractivity (Wildman–Crippen MR) is 407 cm³/mol. The van der Waals surface area contributed by atoms with E-state index >= 15 is 4.39 Å². The Hall–Kier alpha value is -10.9. The molecule has 15 aromatic rings. The van der Waals surface area contributed by atoms with Gasteiger partial charge in [0.1, 0.15) is 5.82 Å². The third-order valence-electron chi connectivity index (χ3n) is 18.8. The zero-order valence-corrected chi connectivity index (χ0v) is 54.3. The fourth-order valence-electron chi connectivity index (χ4n) is 14.0. The number of rotatable bonds is 8. The molecule has 0 atom stereocenters. The smallest absolute Gasteiger partial charge is 0.255 e. The van der Waals surface area contributed by atoms with Crippen LogP contribution in [-0.2, 0) is 16.2 Å². The van der Waals surface area contributed by atoms with Gasteiger partial charge in [-0.25, -0.2) is 4.39 Å². The van der Waals surface area contributed by atoms with E-state index in [-0.39, 0.29) is 44.4 Å². The van der Waals surface area contributed by atoms with E-state index in [1.807, 2.05) is 171 Å². The van der Waals surface area contributed by atoms with Gasteiger partial charge in [0.2, 0.25) is 0 Å². The van der Waals surface area contributed by atoms with Gasteiger partial charge in [0, 0.05) is 72.2 Å². The molecule has 4 heterocycles. The molecule has 0 unspecified atom stereocenters. The molecule has 2 aliphatic heterocycles. The summed E-state index contributed by atoms with van der Waals surface area (Å²) in [5.41, 5.74) is 1.80. The lowest BCUT2D eigenvalue weighted by molar-refractivity contribution is 0.590. The molecule has 2 aliphatic rings. The Bertz CT molecular complexity index is 6240. The minimum Gasteiger partial charge on any atom is -0.310 e. The van der Waals surface area contributed by atoms with Crippen molar-refractivity contribution >= 4 is 101 Å². The maximum Gasteiger partial charge on any atom is 0.255 e. The molecule has 0 amide bonds. The molecule has 0 saturated carbocycles. The van der Waals surface area contributed by atoms with Crippen LogP contribution in [0.3, 0.4) is 0 Å². The summed E-state index contributed by atoms with van der Waals surface area (Å²) < 4.78 is 230. The molecule has 0 N–H and O–H groups in total. The van der Waals surface area contributed by atoms with Crippen molar-refractivity contribution < 1.29 is 33.2 Å². The van der Waals surface area contributed by atoms with E-state index in [9.17, 15) is 23.3 Å². The molecule has 6 heteroatoms. The average molecular weight is 1260 g/mol. The summed E-state index contributed by atoms with van der Waals surface area (Å²) in [7, 11) is 0. The van der Waals surface area contributed by atoms with E-state index in [1.165, 1.54) is 0 Å². The minimum absolute atomic E-state index is 0.213. The molecule has 0 spiro atoms. The van der Waals surface area contributed by atoms with E-state index in [1.54, 1.807) is 4.90 Å². The van der Waals surface area contributed by atoms with Crippen LogP contribution in [0.2, 0.25) is 0 Å². The summed E-state index contributed by atoms with van der Waals surface area (Å²) >= 11 is 0. The van der Waals surface area contributed by atoms with Gasteiger partial charge in [-0.05, 0) is 156 Å². The Labute approximate surface area is 592 Å². The first kappa shape index (κ1) is 40.3. The first-order valence-corrected chi connectivity index (χ1v) is 32.1. The lowest BCUT2D eigenvalue weighted by atomic mass is 9.33. The van der Waals surface area contributed by atoms with Gasteiger partial charge >= 0.3 is 0 Å². The van der Waals surface area contributed by atoms with Crippen LogP contribution in [-0.4, -0.2) is 15.8 Å². The number of fused-ring (bicyclic) bond motifs is 10. The Morgan fingerprint density at radius 3 is 1.02 bits per heavy atom. The van der Waals surface area contributed by atoms with Crippen LogP contribution in [0.5, 0.6) is 0 Å². The normalized spacial score (nSPS) is 16.1. The lowest BCUT2D eigenvalue weighted by Gasteiger charge is -2.47. The molecule has 2 aromatic heterocycles. The van der Waals surface area contributed by atoms with Crippen LogP contribution in [0.1, 0.15) is 108 Å². The molecule has 96 heavy (non-hydrogen) atoms. The summed E-state index contributed by atoms with van der Waals surface area (Å²) in [4.78, 5) is 3.60. The van der Waals surface area contributed by atoms with E-state index in [0.717, 1.165) is 20.3 Å². The minimum atomic E-state index is -1.82. The summed E-state index contributed by atoms with van der Waals surface area (Å²) in [6.07, 6.45) is 0. The van der Waals surface area contributed by atoms with Crippen molar-refractivity contribution in [2.24, 2.45) is 0 Å². The van der Waals surface area contributed by atoms with Crippen LogP contribution in [0.15, 0.2) is 285 Å². The third-order valence-corrected chi connectivity index (χ3v) is 18.8. The van der Waals surface area contributed by atoms with Gasteiger partial charge in [-0.3, -0.25) is 0 Å². The average Bonchev–Trinajstić information content (AvgIpc) is 1.65. The number of anilines is 6. The molecule has 0 radical (unpaired) electrons. The molecule has 464 valence electrons. The van der Waals surface area contributed by atoms with Crippen molar-refractivity contribution in [3.8, 4) is 55.9 Å². The van der Waals surface area contributed by atoms with Crippen molar-refractivity contribution in [3.63, 3.8) is 0 Å². The Morgan fingerprint density at radius 1 is 0.333 bits per heavy atom. The molecule has 13 aromatic carbocycles.